The van der Waals surface area contributed by atoms with Crippen molar-refractivity contribution in [1.82, 2.24) is 0 Å². The van der Waals surface area contributed by atoms with Crippen LogP contribution >= 0.6 is 0 Å². The van der Waals surface area contributed by atoms with Crippen molar-refractivity contribution in [3.63, 3.8) is 0 Å². The first kappa shape index (κ1) is 34.2. The van der Waals surface area contributed by atoms with Crippen molar-refractivity contribution in [3.8, 4) is 0 Å². The monoisotopic (exact) mass is 530 g/mol. The van der Waals surface area contributed by atoms with Crippen molar-refractivity contribution >= 4 is 11.9 Å². The summed E-state index contributed by atoms with van der Waals surface area (Å²) in [6, 6.07) is 5.35. The molecule has 0 aliphatic heterocycles. The first-order valence-electron chi connectivity index (χ1n) is 16.1. The van der Waals surface area contributed by atoms with Gasteiger partial charge in [-0.2, -0.15) is 0 Å². The van der Waals surface area contributed by atoms with Gasteiger partial charge < -0.3 is 9.47 Å². The molecule has 4 heteroatoms. The SMILES string of the molecule is CCCCCCCCCCOC(=O)c1ccc(C(=O)OCCCCCCCC)cc1CCCCCCCC. The molecular weight excluding hydrogens is 472 g/mol. The van der Waals surface area contributed by atoms with E-state index in [1.807, 2.05) is 6.07 Å². The van der Waals surface area contributed by atoms with Crippen LogP contribution in [0.25, 0.3) is 0 Å². The summed E-state index contributed by atoms with van der Waals surface area (Å²) in [5, 5.41) is 0. The summed E-state index contributed by atoms with van der Waals surface area (Å²) in [6.45, 7) is 7.60. The van der Waals surface area contributed by atoms with Crippen LogP contribution in [0.3, 0.4) is 0 Å². The van der Waals surface area contributed by atoms with E-state index in [1.54, 1.807) is 12.1 Å². The number of ether oxygens (including phenoxy) is 2. The molecule has 38 heavy (non-hydrogen) atoms. The second-order valence-corrected chi connectivity index (χ2v) is 10.9. The van der Waals surface area contributed by atoms with Crippen LogP contribution in [0.1, 0.15) is 175 Å². The number of carbonyl (C=O) groups excluding carboxylic acids is 2. The molecule has 0 heterocycles. The molecule has 1 rings (SSSR count). The van der Waals surface area contributed by atoms with E-state index in [1.165, 1.54) is 89.9 Å². The zero-order valence-corrected chi connectivity index (χ0v) is 25.1. The molecule has 0 aromatic heterocycles. The topological polar surface area (TPSA) is 52.6 Å². The molecule has 0 unspecified atom stereocenters. The minimum Gasteiger partial charge on any atom is -0.462 e. The zero-order valence-electron chi connectivity index (χ0n) is 25.1. The minimum atomic E-state index is -0.290. The quantitative estimate of drug-likeness (QED) is 0.0931. The van der Waals surface area contributed by atoms with E-state index < -0.39 is 0 Å². The summed E-state index contributed by atoms with van der Waals surface area (Å²) >= 11 is 0. The maximum Gasteiger partial charge on any atom is 0.338 e. The van der Waals surface area contributed by atoms with Gasteiger partial charge in [0.15, 0.2) is 0 Å². The van der Waals surface area contributed by atoms with Crippen molar-refractivity contribution in [3.05, 3.63) is 34.9 Å². The molecule has 218 valence electrons. The standard InChI is InChI=1S/C34H58O4/c1-4-7-10-13-16-17-20-23-28-38-34(36)32-26-25-31(29-30(32)24-21-18-14-11-8-5-2)33(35)37-27-22-19-15-12-9-6-3/h25-26,29H,4-24,27-28H2,1-3H3. The highest BCUT2D eigenvalue weighted by atomic mass is 16.5. The van der Waals surface area contributed by atoms with Crippen LogP contribution in [0.5, 0.6) is 0 Å². The molecule has 0 radical (unpaired) electrons. The Morgan fingerprint density at radius 1 is 0.526 bits per heavy atom. The van der Waals surface area contributed by atoms with Gasteiger partial charge in [-0.25, -0.2) is 9.59 Å². The van der Waals surface area contributed by atoms with Gasteiger partial charge in [-0.15, -0.1) is 0 Å². The van der Waals surface area contributed by atoms with E-state index in [0.29, 0.717) is 24.3 Å². The molecule has 0 aliphatic rings. The summed E-state index contributed by atoms with van der Waals surface area (Å²) in [6.07, 6.45) is 24.6. The molecule has 1 aromatic rings. The normalized spacial score (nSPS) is 11.0. The number of hydrogen-bond donors (Lipinski definition) is 0. The fraction of sp³-hybridized carbons (Fsp3) is 0.765. The Labute approximate surface area is 234 Å². The molecular formula is C34H58O4. The number of carbonyl (C=O) groups is 2. The van der Waals surface area contributed by atoms with E-state index in [2.05, 4.69) is 20.8 Å². The predicted molar refractivity (Wildman–Crippen MR) is 160 cm³/mol. The molecule has 0 saturated carbocycles. The molecule has 0 amide bonds. The third-order valence-corrected chi connectivity index (χ3v) is 7.32. The van der Waals surface area contributed by atoms with Crippen LogP contribution in [0.4, 0.5) is 0 Å². The summed E-state index contributed by atoms with van der Waals surface area (Å²) in [7, 11) is 0. The van der Waals surface area contributed by atoms with Crippen LogP contribution in [0, 0.1) is 0 Å². The number of benzene rings is 1. The highest BCUT2D eigenvalue weighted by Crippen LogP contribution is 2.19. The van der Waals surface area contributed by atoms with Crippen molar-refractivity contribution in [1.29, 1.82) is 0 Å². The molecule has 4 nitrogen and oxygen atoms in total. The van der Waals surface area contributed by atoms with Crippen LogP contribution < -0.4 is 0 Å². The molecule has 0 atom stereocenters. The molecule has 0 bridgehead atoms. The third kappa shape index (κ3) is 16.9. The third-order valence-electron chi connectivity index (χ3n) is 7.32. The highest BCUT2D eigenvalue weighted by Gasteiger charge is 2.16. The number of esters is 2. The lowest BCUT2D eigenvalue weighted by atomic mass is 9.98. The minimum absolute atomic E-state index is 0.263. The summed E-state index contributed by atoms with van der Waals surface area (Å²) in [5.74, 6) is -0.553. The molecule has 0 fully saturated rings. The summed E-state index contributed by atoms with van der Waals surface area (Å²) in [5.41, 5.74) is 2.05. The number of hydrogen-bond acceptors (Lipinski definition) is 4. The van der Waals surface area contributed by atoms with Crippen LogP contribution in [-0.4, -0.2) is 25.2 Å². The average Bonchev–Trinajstić information content (AvgIpc) is 2.93. The molecule has 0 saturated heterocycles. The Hall–Kier alpha value is -1.84. The lowest BCUT2D eigenvalue weighted by molar-refractivity contribution is 0.0482. The Morgan fingerprint density at radius 2 is 0.947 bits per heavy atom. The van der Waals surface area contributed by atoms with Crippen molar-refractivity contribution in [2.45, 2.75) is 156 Å². The van der Waals surface area contributed by atoms with Gasteiger partial charge in [0.2, 0.25) is 0 Å². The Morgan fingerprint density at radius 3 is 1.45 bits per heavy atom. The van der Waals surface area contributed by atoms with E-state index in [9.17, 15) is 9.59 Å². The van der Waals surface area contributed by atoms with Gasteiger partial charge in [0.25, 0.3) is 0 Å². The predicted octanol–water partition coefficient (Wildman–Crippen LogP) is 10.4. The summed E-state index contributed by atoms with van der Waals surface area (Å²) < 4.78 is 11.2. The zero-order chi connectivity index (χ0) is 27.7. The van der Waals surface area contributed by atoms with Crippen LogP contribution in [-0.2, 0) is 15.9 Å². The van der Waals surface area contributed by atoms with E-state index in [-0.39, 0.29) is 11.9 Å². The van der Waals surface area contributed by atoms with E-state index in [4.69, 9.17) is 9.47 Å². The van der Waals surface area contributed by atoms with Gasteiger partial charge in [0, 0.05) is 0 Å². The van der Waals surface area contributed by atoms with Crippen molar-refractivity contribution in [2.75, 3.05) is 13.2 Å². The van der Waals surface area contributed by atoms with Crippen LogP contribution in [0.15, 0.2) is 18.2 Å². The lowest BCUT2D eigenvalue weighted by Gasteiger charge is -2.12. The first-order valence-corrected chi connectivity index (χ1v) is 16.1. The second kappa shape index (κ2) is 24.2. The Kier molecular flexibility index (Phi) is 21.8. The smallest absolute Gasteiger partial charge is 0.338 e. The maximum atomic E-state index is 12.9. The van der Waals surface area contributed by atoms with E-state index >= 15 is 0 Å². The average molecular weight is 531 g/mol. The number of aryl methyl sites for hydroxylation is 1. The largest absolute Gasteiger partial charge is 0.462 e. The number of unbranched alkanes of at least 4 members (excludes halogenated alkanes) is 17. The maximum absolute atomic E-state index is 12.9. The van der Waals surface area contributed by atoms with Gasteiger partial charge >= 0.3 is 11.9 Å². The van der Waals surface area contributed by atoms with Gasteiger partial charge in [0.05, 0.1) is 24.3 Å². The molecule has 0 aliphatic carbocycles. The molecule has 0 spiro atoms. The highest BCUT2D eigenvalue weighted by molar-refractivity contribution is 5.94. The van der Waals surface area contributed by atoms with Crippen molar-refractivity contribution in [2.24, 2.45) is 0 Å². The van der Waals surface area contributed by atoms with Gasteiger partial charge in [-0.1, -0.05) is 130 Å². The first-order chi connectivity index (χ1) is 18.6. The number of rotatable bonds is 25. The van der Waals surface area contributed by atoms with Gasteiger partial charge in [-0.05, 0) is 49.4 Å². The lowest BCUT2D eigenvalue weighted by Crippen LogP contribution is -2.12. The fourth-order valence-corrected chi connectivity index (χ4v) is 4.83. The van der Waals surface area contributed by atoms with Gasteiger partial charge in [-0.3, -0.25) is 0 Å². The van der Waals surface area contributed by atoms with E-state index in [0.717, 1.165) is 50.5 Å². The Balaban J connectivity index is 2.58. The molecule has 1 aromatic carbocycles. The second-order valence-electron chi connectivity index (χ2n) is 10.9. The Bertz CT molecular complexity index is 727. The van der Waals surface area contributed by atoms with Gasteiger partial charge in [0.1, 0.15) is 0 Å². The van der Waals surface area contributed by atoms with Crippen LogP contribution in [0.2, 0.25) is 0 Å². The van der Waals surface area contributed by atoms with Crippen molar-refractivity contribution < 1.29 is 19.1 Å². The fourth-order valence-electron chi connectivity index (χ4n) is 4.83. The molecule has 0 N–H and O–H groups in total. The summed E-state index contributed by atoms with van der Waals surface area (Å²) in [4.78, 5) is 25.6.